The van der Waals surface area contributed by atoms with E-state index in [1.54, 1.807) is 7.11 Å². The van der Waals surface area contributed by atoms with Crippen molar-refractivity contribution < 1.29 is 14.3 Å². The smallest absolute Gasteiger partial charge is 0.306 e. The molecule has 0 heterocycles. The normalized spacial score (nSPS) is 14.6. The largest absolute Gasteiger partial charge is 0.496 e. The molecule has 1 aromatic carbocycles. The molecule has 0 spiro atoms. The molecule has 0 radical (unpaired) electrons. The number of ether oxygens (including phenoxy) is 2. The molecule has 19 heavy (non-hydrogen) atoms. The van der Waals surface area contributed by atoms with E-state index < -0.39 is 0 Å². The molecule has 0 N–H and O–H groups in total. The van der Waals surface area contributed by atoms with E-state index in [1.165, 1.54) is 12.8 Å². The Morgan fingerprint density at radius 3 is 2.89 bits per heavy atom. The van der Waals surface area contributed by atoms with Crippen molar-refractivity contribution in [3.8, 4) is 5.75 Å². The van der Waals surface area contributed by atoms with E-state index in [9.17, 15) is 4.79 Å². The second-order valence-electron chi connectivity index (χ2n) is 4.81. The van der Waals surface area contributed by atoms with E-state index in [1.807, 2.05) is 36.4 Å². The number of para-hydroxylation sites is 1. The zero-order chi connectivity index (χ0) is 13.5. The summed E-state index contributed by atoms with van der Waals surface area (Å²) < 4.78 is 10.4. The summed E-state index contributed by atoms with van der Waals surface area (Å²) in [5.74, 6) is 1.49. The van der Waals surface area contributed by atoms with Crippen LogP contribution in [0.15, 0.2) is 30.3 Å². The molecule has 1 aromatic rings. The van der Waals surface area contributed by atoms with Crippen molar-refractivity contribution in [2.24, 2.45) is 5.92 Å². The van der Waals surface area contributed by atoms with Gasteiger partial charge in [0.1, 0.15) is 12.4 Å². The van der Waals surface area contributed by atoms with Crippen LogP contribution in [0.5, 0.6) is 5.75 Å². The van der Waals surface area contributed by atoms with Crippen LogP contribution in [0.1, 0.15) is 31.2 Å². The lowest BCUT2D eigenvalue weighted by Crippen LogP contribution is -2.04. The Morgan fingerprint density at radius 1 is 1.37 bits per heavy atom. The summed E-state index contributed by atoms with van der Waals surface area (Å²) in [6.45, 7) is 0.321. The van der Waals surface area contributed by atoms with Crippen molar-refractivity contribution in [2.45, 2.75) is 25.7 Å². The first-order valence-corrected chi connectivity index (χ1v) is 6.75. The van der Waals surface area contributed by atoms with Crippen LogP contribution in [0.3, 0.4) is 0 Å². The standard InChI is InChI=1S/C16H20O3/c1-18-15-7-3-2-5-14(15)6-4-12-19-16(17)11-10-13-8-9-13/h2-7,13H,8-12H2,1H3/b6-4+. The number of hydrogen-bond donors (Lipinski definition) is 0. The Bertz CT molecular complexity index is 447. The third kappa shape index (κ3) is 4.78. The molecule has 0 amide bonds. The van der Waals surface area contributed by atoms with Crippen LogP contribution in [-0.4, -0.2) is 19.7 Å². The fourth-order valence-electron chi connectivity index (χ4n) is 1.92. The van der Waals surface area contributed by atoms with Gasteiger partial charge in [0.15, 0.2) is 0 Å². The van der Waals surface area contributed by atoms with E-state index >= 15 is 0 Å². The zero-order valence-electron chi connectivity index (χ0n) is 11.3. The summed E-state index contributed by atoms with van der Waals surface area (Å²) in [4.78, 5) is 11.4. The monoisotopic (exact) mass is 260 g/mol. The molecule has 102 valence electrons. The lowest BCUT2D eigenvalue weighted by molar-refractivity contribution is -0.142. The van der Waals surface area contributed by atoms with Crippen LogP contribution in [-0.2, 0) is 9.53 Å². The highest BCUT2D eigenvalue weighted by atomic mass is 16.5. The molecule has 0 unspecified atom stereocenters. The molecule has 3 nitrogen and oxygen atoms in total. The highest BCUT2D eigenvalue weighted by Gasteiger charge is 2.21. The summed E-state index contributed by atoms with van der Waals surface area (Å²) in [6.07, 6.45) is 7.84. The second-order valence-corrected chi connectivity index (χ2v) is 4.81. The molecule has 3 heteroatoms. The lowest BCUT2D eigenvalue weighted by atomic mass is 10.2. The van der Waals surface area contributed by atoms with Gasteiger partial charge >= 0.3 is 5.97 Å². The quantitative estimate of drug-likeness (QED) is 0.704. The number of esters is 1. The van der Waals surface area contributed by atoms with E-state index in [0.29, 0.717) is 13.0 Å². The maximum atomic E-state index is 11.4. The number of hydrogen-bond acceptors (Lipinski definition) is 3. The maximum Gasteiger partial charge on any atom is 0.306 e. The number of benzene rings is 1. The van der Waals surface area contributed by atoms with E-state index in [4.69, 9.17) is 9.47 Å². The minimum Gasteiger partial charge on any atom is -0.496 e. The molecule has 0 bridgehead atoms. The molecule has 0 aromatic heterocycles. The predicted octanol–water partition coefficient (Wildman–Crippen LogP) is 3.44. The number of rotatable bonds is 7. The Balaban J connectivity index is 1.71. The lowest BCUT2D eigenvalue weighted by Gasteiger charge is -2.04. The van der Waals surface area contributed by atoms with Gasteiger partial charge in [0.2, 0.25) is 0 Å². The maximum absolute atomic E-state index is 11.4. The molecule has 1 aliphatic carbocycles. The molecule has 0 aliphatic heterocycles. The minimum atomic E-state index is -0.100. The number of carbonyl (C=O) groups is 1. The summed E-state index contributed by atoms with van der Waals surface area (Å²) in [5.41, 5.74) is 0.985. The first kappa shape index (κ1) is 13.7. The van der Waals surface area contributed by atoms with Gasteiger partial charge in [-0.25, -0.2) is 0 Å². The van der Waals surface area contributed by atoms with Crippen LogP contribution in [0, 0.1) is 5.92 Å². The van der Waals surface area contributed by atoms with Crippen LogP contribution in [0.25, 0.3) is 6.08 Å². The van der Waals surface area contributed by atoms with E-state index in [0.717, 1.165) is 23.7 Å². The van der Waals surface area contributed by atoms with Gasteiger partial charge in [-0.15, -0.1) is 0 Å². The van der Waals surface area contributed by atoms with Gasteiger partial charge in [-0.2, -0.15) is 0 Å². The van der Waals surface area contributed by atoms with Crippen LogP contribution >= 0.6 is 0 Å². The second kappa shape index (κ2) is 6.98. The van der Waals surface area contributed by atoms with Gasteiger partial charge in [-0.3, -0.25) is 4.79 Å². The fraction of sp³-hybridized carbons (Fsp3) is 0.438. The fourth-order valence-corrected chi connectivity index (χ4v) is 1.92. The number of methoxy groups -OCH3 is 1. The van der Waals surface area contributed by atoms with Gasteiger partial charge in [0, 0.05) is 12.0 Å². The third-order valence-corrected chi connectivity index (χ3v) is 3.23. The van der Waals surface area contributed by atoms with E-state index in [-0.39, 0.29) is 5.97 Å². The SMILES string of the molecule is COc1ccccc1/C=C/COC(=O)CCC1CC1. The summed E-state index contributed by atoms with van der Waals surface area (Å²) in [5, 5.41) is 0. The molecule has 1 aliphatic rings. The first-order valence-electron chi connectivity index (χ1n) is 6.75. The Labute approximate surface area is 114 Å². The van der Waals surface area contributed by atoms with Crippen molar-refractivity contribution in [1.29, 1.82) is 0 Å². The molecule has 1 saturated carbocycles. The van der Waals surface area contributed by atoms with Crippen LogP contribution in [0.4, 0.5) is 0 Å². The number of carbonyl (C=O) groups excluding carboxylic acids is 1. The molecular weight excluding hydrogens is 240 g/mol. The van der Waals surface area contributed by atoms with Crippen LogP contribution < -0.4 is 4.74 Å². The average molecular weight is 260 g/mol. The van der Waals surface area contributed by atoms with Gasteiger partial charge in [-0.1, -0.05) is 37.1 Å². The van der Waals surface area contributed by atoms with Gasteiger partial charge in [0.25, 0.3) is 0 Å². The van der Waals surface area contributed by atoms with Crippen molar-refractivity contribution in [3.05, 3.63) is 35.9 Å². The van der Waals surface area contributed by atoms with Crippen molar-refractivity contribution in [1.82, 2.24) is 0 Å². The summed E-state index contributed by atoms with van der Waals surface area (Å²) >= 11 is 0. The molecule has 2 rings (SSSR count). The highest BCUT2D eigenvalue weighted by Crippen LogP contribution is 2.33. The zero-order valence-corrected chi connectivity index (χ0v) is 11.3. The van der Waals surface area contributed by atoms with Crippen LogP contribution in [0.2, 0.25) is 0 Å². The topological polar surface area (TPSA) is 35.5 Å². The highest BCUT2D eigenvalue weighted by molar-refractivity contribution is 5.69. The van der Waals surface area contributed by atoms with Crippen molar-refractivity contribution in [2.75, 3.05) is 13.7 Å². The molecule has 0 saturated heterocycles. The molecular formula is C16H20O3. The Kier molecular flexibility index (Phi) is 5.01. The van der Waals surface area contributed by atoms with E-state index in [2.05, 4.69) is 0 Å². The third-order valence-electron chi connectivity index (χ3n) is 3.23. The van der Waals surface area contributed by atoms with Gasteiger partial charge < -0.3 is 9.47 Å². The molecule has 0 atom stereocenters. The predicted molar refractivity (Wildman–Crippen MR) is 74.9 cm³/mol. The molecule has 1 fully saturated rings. The summed E-state index contributed by atoms with van der Waals surface area (Å²) in [7, 11) is 1.64. The van der Waals surface area contributed by atoms with Crippen molar-refractivity contribution >= 4 is 12.0 Å². The van der Waals surface area contributed by atoms with Gasteiger partial charge in [-0.05, 0) is 24.5 Å². The van der Waals surface area contributed by atoms with Gasteiger partial charge in [0.05, 0.1) is 7.11 Å². The van der Waals surface area contributed by atoms with Crippen molar-refractivity contribution in [3.63, 3.8) is 0 Å². The summed E-state index contributed by atoms with van der Waals surface area (Å²) in [6, 6.07) is 7.74. The Morgan fingerprint density at radius 2 is 2.16 bits per heavy atom. The minimum absolute atomic E-state index is 0.100. The average Bonchev–Trinajstić information content (AvgIpc) is 3.26. The first-order chi connectivity index (χ1) is 9.29. The Hall–Kier alpha value is -1.77.